The van der Waals surface area contributed by atoms with Gasteiger partial charge in [0.25, 0.3) is 0 Å². The predicted octanol–water partition coefficient (Wildman–Crippen LogP) is 1.90. The minimum atomic E-state index is -3.05. The lowest BCUT2D eigenvalue weighted by atomic mass is 9.85. The highest BCUT2D eigenvalue weighted by molar-refractivity contribution is 7.91. The molecule has 4 rings (SSSR count). The van der Waals surface area contributed by atoms with Crippen molar-refractivity contribution in [3.05, 3.63) is 46.6 Å². The van der Waals surface area contributed by atoms with Gasteiger partial charge >= 0.3 is 0 Å². The summed E-state index contributed by atoms with van der Waals surface area (Å²) in [5.41, 5.74) is 3.23. The molecule has 0 aliphatic carbocycles. The number of rotatable bonds is 2. The third kappa shape index (κ3) is 2.78. The van der Waals surface area contributed by atoms with Gasteiger partial charge in [-0.3, -0.25) is 4.79 Å². The summed E-state index contributed by atoms with van der Waals surface area (Å²) >= 11 is 0. The molecule has 26 heavy (non-hydrogen) atoms. The lowest BCUT2D eigenvalue weighted by molar-refractivity contribution is -0.116. The lowest BCUT2D eigenvalue weighted by Crippen LogP contribution is -2.26. The Morgan fingerprint density at radius 3 is 2.65 bits per heavy atom. The largest absolute Gasteiger partial charge is 0.311 e. The van der Waals surface area contributed by atoms with E-state index < -0.39 is 9.84 Å². The van der Waals surface area contributed by atoms with Crippen molar-refractivity contribution < 1.29 is 13.2 Å². The molecule has 134 valence electrons. The Labute approximate surface area is 151 Å². The Kier molecular flexibility index (Phi) is 3.84. The number of hydrogen-bond donors (Lipinski definition) is 1. The summed E-state index contributed by atoms with van der Waals surface area (Å²) in [5, 5.41) is 16.4. The van der Waals surface area contributed by atoms with E-state index in [-0.39, 0.29) is 29.4 Å². The molecule has 1 aromatic heterocycles. The second-order valence-corrected chi connectivity index (χ2v) is 9.12. The standard InChI is InChI=1S/C18H18N4O3S/c1-11-17-15(13-4-2-12(9-19)3-5-13)8-16(23)20-18(17)22(21-11)14-6-7-26(24,25)10-14/h2-5,14-15H,6-8,10H2,1H3,(H,20,23). The van der Waals surface area contributed by atoms with E-state index in [1.54, 1.807) is 16.8 Å². The van der Waals surface area contributed by atoms with Gasteiger partial charge < -0.3 is 5.32 Å². The summed E-state index contributed by atoms with van der Waals surface area (Å²) in [6.07, 6.45) is 0.807. The van der Waals surface area contributed by atoms with Gasteiger partial charge in [0.15, 0.2) is 9.84 Å². The monoisotopic (exact) mass is 370 g/mol. The number of benzene rings is 1. The van der Waals surface area contributed by atoms with Crippen molar-refractivity contribution in [2.75, 3.05) is 16.8 Å². The van der Waals surface area contributed by atoms with Gasteiger partial charge in [-0.1, -0.05) is 12.1 Å². The molecule has 2 unspecified atom stereocenters. The quantitative estimate of drug-likeness (QED) is 0.869. The maximum Gasteiger partial charge on any atom is 0.226 e. The van der Waals surface area contributed by atoms with Gasteiger partial charge in [-0.05, 0) is 31.0 Å². The number of nitrogens with zero attached hydrogens (tertiary/aromatic N) is 3. The highest BCUT2D eigenvalue weighted by Gasteiger charge is 2.37. The molecule has 1 fully saturated rings. The Balaban J connectivity index is 1.78. The number of anilines is 1. The van der Waals surface area contributed by atoms with Crippen molar-refractivity contribution >= 4 is 21.6 Å². The summed E-state index contributed by atoms with van der Waals surface area (Å²) in [5.74, 6) is 0.540. The van der Waals surface area contributed by atoms with Crippen molar-refractivity contribution in [2.45, 2.75) is 31.7 Å². The average Bonchev–Trinajstić information content (AvgIpc) is 3.13. The third-order valence-electron chi connectivity index (χ3n) is 5.12. The molecule has 2 aliphatic heterocycles. The normalized spacial score (nSPS) is 23.9. The zero-order chi connectivity index (χ0) is 18.5. The number of fused-ring (bicyclic) bond motifs is 1. The van der Waals surface area contributed by atoms with Gasteiger partial charge in [-0.2, -0.15) is 10.4 Å². The van der Waals surface area contributed by atoms with E-state index in [1.807, 2.05) is 19.1 Å². The van der Waals surface area contributed by atoms with Crippen LogP contribution in [0.2, 0.25) is 0 Å². The fourth-order valence-electron chi connectivity index (χ4n) is 3.88. The Morgan fingerprint density at radius 1 is 1.31 bits per heavy atom. The summed E-state index contributed by atoms with van der Waals surface area (Å²) in [4.78, 5) is 12.3. The molecule has 2 aliphatic rings. The third-order valence-corrected chi connectivity index (χ3v) is 6.87. The Bertz CT molecular complexity index is 1030. The zero-order valence-electron chi connectivity index (χ0n) is 14.3. The lowest BCUT2D eigenvalue weighted by Gasteiger charge is -2.25. The number of aryl methyl sites for hydroxylation is 1. The van der Waals surface area contributed by atoms with Crippen LogP contribution in [-0.2, 0) is 14.6 Å². The van der Waals surface area contributed by atoms with Crippen molar-refractivity contribution in [1.82, 2.24) is 9.78 Å². The van der Waals surface area contributed by atoms with Crippen molar-refractivity contribution in [2.24, 2.45) is 0 Å². The molecule has 2 atom stereocenters. The second kappa shape index (κ2) is 5.95. The molecule has 1 N–H and O–H groups in total. The highest BCUT2D eigenvalue weighted by atomic mass is 32.2. The van der Waals surface area contributed by atoms with Crippen LogP contribution in [0.15, 0.2) is 24.3 Å². The first-order valence-electron chi connectivity index (χ1n) is 8.47. The maximum absolute atomic E-state index is 12.3. The zero-order valence-corrected chi connectivity index (χ0v) is 15.1. The van der Waals surface area contributed by atoms with Crippen molar-refractivity contribution in [1.29, 1.82) is 5.26 Å². The fraction of sp³-hybridized carbons (Fsp3) is 0.389. The summed E-state index contributed by atoms with van der Waals surface area (Å²) in [7, 11) is -3.05. The van der Waals surface area contributed by atoms with Crippen LogP contribution in [0.25, 0.3) is 0 Å². The van der Waals surface area contributed by atoms with E-state index in [4.69, 9.17) is 5.26 Å². The first-order valence-corrected chi connectivity index (χ1v) is 10.3. The molecule has 3 heterocycles. The number of aromatic nitrogens is 2. The van der Waals surface area contributed by atoms with Crippen LogP contribution in [0.3, 0.4) is 0 Å². The molecule has 1 amide bonds. The molecule has 1 aromatic carbocycles. The maximum atomic E-state index is 12.3. The molecular weight excluding hydrogens is 352 g/mol. The number of nitrogens with one attached hydrogen (secondary N) is 1. The minimum absolute atomic E-state index is 0.0535. The Hall–Kier alpha value is -2.66. The van der Waals surface area contributed by atoms with E-state index in [9.17, 15) is 13.2 Å². The summed E-state index contributed by atoms with van der Waals surface area (Å²) < 4.78 is 25.4. The molecule has 0 spiro atoms. The van der Waals surface area contributed by atoms with Crippen LogP contribution in [-0.4, -0.2) is 35.6 Å². The summed E-state index contributed by atoms with van der Waals surface area (Å²) in [6.45, 7) is 1.88. The van der Waals surface area contributed by atoms with Gasteiger partial charge in [-0.15, -0.1) is 0 Å². The smallest absolute Gasteiger partial charge is 0.226 e. The van der Waals surface area contributed by atoms with E-state index in [1.165, 1.54) is 0 Å². The predicted molar refractivity (Wildman–Crippen MR) is 95.5 cm³/mol. The number of sulfone groups is 1. The van der Waals surface area contributed by atoms with Gasteiger partial charge in [0, 0.05) is 17.9 Å². The first-order chi connectivity index (χ1) is 12.4. The molecular formula is C18H18N4O3S. The van der Waals surface area contributed by atoms with Gasteiger partial charge in [-0.25, -0.2) is 13.1 Å². The van der Waals surface area contributed by atoms with Crippen LogP contribution in [0.4, 0.5) is 5.82 Å². The number of carbonyl (C=O) groups excluding carboxylic acids is 1. The molecule has 7 nitrogen and oxygen atoms in total. The Morgan fingerprint density at radius 2 is 2.04 bits per heavy atom. The first kappa shape index (κ1) is 16.8. The highest BCUT2D eigenvalue weighted by Crippen LogP contribution is 2.41. The van der Waals surface area contributed by atoms with Crippen LogP contribution in [0.1, 0.15) is 47.2 Å². The van der Waals surface area contributed by atoms with Crippen LogP contribution >= 0.6 is 0 Å². The van der Waals surface area contributed by atoms with E-state index in [0.29, 0.717) is 24.2 Å². The second-order valence-electron chi connectivity index (χ2n) is 6.89. The topological polar surface area (TPSA) is 105 Å². The van der Waals surface area contributed by atoms with E-state index >= 15 is 0 Å². The summed E-state index contributed by atoms with van der Waals surface area (Å²) in [6, 6.07) is 9.05. The molecule has 0 saturated carbocycles. The van der Waals surface area contributed by atoms with Crippen LogP contribution in [0.5, 0.6) is 0 Å². The number of hydrogen-bond acceptors (Lipinski definition) is 5. The van der Waals surface area contributed by atoms with Gasteiger partial charge in [0.05, 0.1) is 34.9 Å². The van der Waals surface area contributed by atoms with E-state index in [2.05, 4.69) is 16.5 Å². The molecule has 0 bridgehead atoms. The fourth-order valence-corrected chi connectivity index (χ4v) is 5.57. The van der Waals surface area contributed by atoms with Crippen LogP contribution in [0, 0.1) is 18.3 Å². The minimum Gasteiger partial charge on any atom is -0.311 e. The molecule has 0 radical (unpaired) electrons. The van der Waals surface area contributed by atoms with Crippen molar-refractivity contribution in [3.8, 4) is 6.07 Å². The van der Waals surface area contributed by atoms with Gasteiger partial charge in [0.2, 0.25) is 5.91 Å². The molecule has 1 saturated heterocycles. The van der Waals surface area contributed by atoms with Gasteiger partial charge in [0.1, 0.15) is 5.82 Å². The molecule has 8 heteroatoms. The van der Waals surface area contributed by atoms with E-state index in [0.717, 1.165) is 16.8 Å². The molecule has 2 aromatic rings. The SMILES string of the molecule is Cc1nn(C2CCS(=O)(=O)C2)c2c1C(c1ccc(C#N)cc1)CC(=O)N2. The number of amides is 1. The number of nitriles is 1. The van der Waals surface area contributed by atoms with Crippen LogP contribution < -0.4 is 5.32 Å². The number of carbonyl (C=O) groups is 1. The van der Waals surface area contributed by atoms with Crippen molar-refractivity contribution in [3.63, 3.8) is 0 Å². The average molecular weight is 370 g/mol.